The molecular weight excluding hydrogens is 1020 g/mol. The summed E-state index contributed by atoms with van der Waals surface area (Å²) in [7, 11) is 1.12. The van der Waals surface area contributed by atoms with Crippen LogP contribution in [0.1, 0.15) is 26.3 Å². The van der Waals surface area contributed by atoms with Gasteiger partial charge in [0.25, 0.3) is 6.71 Å². The Labute approximate surface area is 481 Å². The molecule has 0 radical (unpaired) electrons. The topological polar surface area (TPSA) is 25.9 Å². The number of hydrogen-bond acceptors (Lipinski definition) is 6. The molecule has 0 atom stereocenters. The van der Waals surface area contributed by atoms with Gasteiger partial charge < -0.3 is 19.6 Å². The van der Waals surface area contributed by atoms with E-state index in [1.165, 1.54) is 63.5 Å². The van der Waals surface area contributed by atoms with Gasteiger partial charge in [0.15, 0.2) is 8.07 Å². The number of para-hydroxylation sites is 2. The first-order valence-electron chi connectivity index (χ1n) is 28.0. The number of benzene rings is 10. The van der Waals surface area contributed by atoms with Gasteiger partial charge in [-0.15, -0.1) is 11.3 Å². The Bertz CT molecular complexity index is 4120. The van der Waals surface area contributed by atoms with E-state index in [-0.39, 0.29) is 12.1 Å². The van der Waals surface area contributed by atoms with Crippen LogP contribution in [-0.2, 0) is 5.41 Å². The number of thiophene rings is 1. The van der Waals surface area contributed by atoms with Crippen LogP contribution in [0.4, 0.5) is 56.9 Å². The summed E-state index contributed by atoms with van der Waals surface area (Å²) in [4.78, 5) is 14.7. The van der Waals surface area contributed by atoms with Crippen LogP contribution < -0.4 is 56.0 Å². The molecule has 10 aromatic carbocycles. The maximum atomic E-state index is 4.78. The number of hydrogen-bond donors (Lipinski definition) is 0. The van der Waals surface area contributed by atoms with Crippen LogP contribution in [0.25, 0.3) is 21.2 Å². The van der Waals surface area contributed by atoms with Crippen molar-refractivity contribution in [3.8, 4) is 11.1 Å². The first-order chi connectivity index (χ1) is 39.7. The zero-order valence-electron chi connectivity index (χ0n) is 46.2. The lowest BCUT2D eigenvalue weighted by Gasteiger charge is -2.46. The number of pyridine rings is 1. The average Bonchev–Trinajstić information content (AvgIpc) is 3.77. The van der Waals surface area contributed by atoms with Crippen LogP contribution in [0.5, 0.6) is 0 Å². The maximum Gasteiger partial charge on any atom is 0.264 e. The molecule has 4 heterocycles. The van der Waals surface area contributed by atoms with E-state index in [1.807, 2.05) is 29.8 Å². The van der Waals surface area contributed by atoms with Crippen molar-refractivity contribution in [2.45, 2.75) is 26.2 Å². The third kappa shape index (κ3) is 8.39. The van der Waals surface area contributed by atoms with Crippen LogP contribution in [0.2, 0.25) is 0 Å². The van der Waals surface area contributed by atoms with Crippen molar-refractivity contribution < 1.29 is 0 Å². The van der Waals surface area contributed by atoms with E-state index < -0.39 is 8.07 Å². The molecule has 2 aliphatic rings. The normalized spacial score (nSPS) is 12.7. The summed E-state index contributed by atoms with van der Waals surface area (Å²) < 4.78 is 2.63. The van der Waals surface area contributed by atoms with Gasteiger partial charge in [-0.1, -0.05) is 191 Å². The molecule has 0 N–H and O–H groups in total. The lowest BCUT2D eigenvalue weighted by molar-refractivity contribution is 0.591. The molecule has 2 aromatic heterocycles. The van der Waals surface area contributed by atoms with E-state index >= 15 is 0 Å². The van der Waals surface area contributed by atoms with Crippen LogP contribution >= 0.6 is 11.3 Å². The molecule has 81 heavy (non-hydrogen) atoms. The second-order valence-corrected chi connectivity index (χ2v) is 27.5. The van der Waals surface area contributed by atoms with Gasteiger partial charge in [-0.3, -0.25) is 4.98 Å². The molecule has 0 saturated heterocycles. The van der Waals surface area contributed by atoms with Crippen molar-refractivity contribution in [1.82, 2.24) is 4.98 Å². The van der Waals surface area contributed by atoms with Gasteiger partial charge in [-0.25, -0.2) is 0 Å². The molecule has 12 aromatic rings. The lowest BCUT2D eigenvalue weighted by atomic mass is 9.36. The van der Waals surface area contributed by atoms with Crippen LogP contribution in [0.3, 0.4) is 0 Å². The number of nitrogens with zero attached hydrogens (tertiary/aromatic N) is 5. The van der Waals surface area contributed by atoms with Crippen molar-refractivity contribution in [2.75, 3.05) is 33.7 Å². The van der Waals surface area contributed by atoms with Crippen molar-refractivity contribution in [1.29, 1.82) is 0 Å². The van der Waals surface area contributed by atoms with E-state index in [4.69, 9.17) is 4.98 Å². The highest BCUT2D eigenvalue weighted by Crippen LogP contribution is 2.52. The zero-order valence-corrected chi connectivity index (χ0v) is 48.0. The molecule has 0 aliphatic carbocycles. The summed E-state index contributed by atoms with van der Waals surface area (Å²) >= 11 is 1.95. The number of rotatable bonds is 11. The first kappa shape index (κ1) is 50.0. The summed E-state index contributed by atoms with van der Waals surface area (Å²) in [5, 5.41) is 6.54. The molecular formula is C73H60BN5SSi. The summed E-state index contributed by atoms with van der Waals surface area (Å²) in [5.41, 5.74) is 17.2. The Morgan fingerprint density at radius 3 is 1.63 bits per heavy atom. The number of aromatic nitrogens is 1. The minimum Gasteiger partial charge on any atom is -0.378 e. The van der Waals surface area contributed by atoms with E-state index in [2.05, 4.69) is 309 Å². The Morgan fingerprint density at radius 2 is 1.04 bits per heavy atom. The maximum absolute atomic E-state index is 4.78. The predicted molar refractivity (Wildman–Crippen MR) is 350 cm³/mol. The van der Waals surface area contributed by atoms with E-state index in [0.29, 0.717) is 0 Å². The minimum atomic E-state index is -3.21. The van der Waals surface area contributed by atoms with Gasteiger partial charge in [0.2, 0.25) is 0 Å². The summed E-state index contributed by atoms with van der Waals surface area (Å²) in [5.74, 6) is 0. The number of anilines is 10. The molecule has 8 heteroatoms. The van der Waals surface area contributed by atoms with Gasteiger partial charge in [-0.2, -0.15) is 0 Å². The van der Waals surface area contributed by atoms with Crippen molar-refractivity contribution >= 4 is 130 Å². The summed E-state index contributed by atoms with van der Waals surface area (Å²) in [6, 6.07) is 97.9. The van der Waals surface area contributed by atoms with Crippen LogP contribution in [-0.4, -0.2) is 33.9 Å². The Hall–Kier alpha value is -9.21. The molecule has 14 rings (SSSR count). The first-order valence-corrected chi connectivity index (χ1v) is 30.8. The molecule has 2 aliphatic heterocycles. The van der Waals surface area contributed by atoms with Crippen molar-refractivity contribution in [3.05, 3.63) is 279 Å². The van der Waals surface area contributed by atoms with Crippen LogP contribution in [0.15, 0.2) is 273 Å². The molecule has 0 bridgehead atoms. The molecule has 0 unspecified atom stereocenters. The molecule has 390 valence electrons. The number of fused-ring (bicyclic) bond motifs is 6. The Morgan fingerprint density at radius 1 is 0.469 bits per heavy atom. The fourth-order valence-corrected chi connectivity index (χ4v) is 18.9. The highest BCUT2D eigenvalue weighted by atomic mass is 32.1. The second kappa shape index (κ2) is 20.2. The SMILES string of the molecule is CN(C)c1ccc2c(c1)B1c3sc4ccc(C(C)(C)C)cc4c3N(c3ccccc3)c3cc([Si](c4ccccc4)(c4ccccc4)c4ccccc4)cc(c31)N2c1ccc(-c2ccccc2)cc1N(c1ccccc1)c1cccnc1. The second-order valence-electron chi connectivity index (χ2n) is 22.6. The van der Waals surface area contributed by atoms with Crippen molar-refractivity contribution in [2.24, 2.45) is 0 Å². The molecule has 0 spiro atoms. The monoisotopic (exact) mass is 1080 g/mol. The largest absolute Gasteiger partial charge is 0.378 e. The van der Waals surface area contributed by atoms with Gasteiger partial charge in [-0.05, 0) is 145 Å². The summed E-state index contributed by atoms with van der Waals surface area (Å²) in [6.45, 7) is 6.88. The van der Waals surface area contributed by atoms with Gasteiger partial charge in [0.1, 0.15) is 0 Å². The Kier molecular flexibility index (Phi) is 12.5. The van der Waals surface area contributed by atoms with E-state index in [0.717, 1.165) is 56.6 Å². The van der Waals surface area contributed by atoms with Crippen molar-refractivity contribution in [3.63, 3.8) is 0 Å². The van der Waals surface area contributed by atoms with E-state index in [9.17, 15) is 0 Å². The van der Waals surface area contributed by atoms with Gasteiger partial charge in [0, 0.05) is 69.3 Å². The quantitative estimate of drug-likeness (QED) is 0.0950. The highest BCUT2D eigenvalue weighted by Gasteiger charge is 2.49. The molecule has 0 fully saturated rings. The third-order valence-corrected chi connectivity index (χ3v) is 22.6. The lowest BCUT2D eigenvalue weighted by Crippen LogP contribution is -2.75. The molecule has 5 nitrogen and oxygen atoms in total. The van der Waals surface area contributed by atoms with E-state index in [1.54, 1.807) is 0 Å². The third-order valence-electron chi connectivity index (χ3n) is 16.6. The average molecular weight is 1080 g/mol. The smallest absolute Gasteiger partial charge is 0.264 e. The Balaban J connectivity index is 1.18. The fourth-order valence-electron chi connectivity index (χ4n) is 12.8. The fraction of sp³-hybridized carbons (Fsp3) is 0.0822. The zero-order chi connectivity index (χ0) is 54.8. The van der Waals surface area contributed by atoms with Gasteiger partial charge >= 0.3 is 0 Å². The molecule has 0 amide bonds. The highest BCUT2D eigenvalue weighted by molar-refractivity contribution is 7.33. The van der Waals surface area contributed by atoms with Crippen LogP contribution in [0, 0.1) is 0 Å². The minimum absolute atomic E-state index is 0.0600. The van der Waals surface area contributed by atoms with Gasteiger partial charge in [0.05, 0.1) is 28.9 Å². The summed E-state index contributed by atoms with van der Waals surface area (Å²) in [6.07, 6.45) is 3.85. The molecule has 0 saturated carbocycles. The predicted octanol–water partition coefficient (Wildman–Crippen LogP) is 14.3. The standard InChI is InChI=1S/C73H60BN5SSi/c1-73(2,3)53-39-43-69-62(46-53)71-72(80-69)74-63-47-56(76(4)5)40-42-64(63)79(65-41-38-52(51-25-12-6-13-26-51)45-66(65)77(54-27-14-7-15-28-54)57-31-24-44-75-50-57)68-49-61(48-67(70(68)74)78(71)55-29-16-8-17-30-55)81(58-32-18-9-19-33-58,59-34-20-10-21-35-59)60-36-22-11-23-37-60/h6-50H,1-5H3.